The third-order valence-corrected chi connectivity index (χ3v) is 4.67. The van der Waals surface area contributed by atoms with Crippen molar-refractivity contribution >= 4 is 27.9 Å². The number of allylic oxidation sites excluding steroid dienone is 1. The second-order valence-corrected chi connectivity index (χ2v) is 6.54. The van der Waals surface area contributed by atoms with Gasteiger partial charge in [0.1, 0.15) is 5.01 Å². The zero-order chi connectivity index (χ0) is 17.2. The van der Waals surface area contributed by atoms with E-state index in [0.717, 1.165) is 21.7 Å². The highest BCUT2D eigenvalue weighted by Crippen LogP contribution is 2.20. The van der Waals surface area contributed by atoms with Gasteiger partial charge in [0.2, 0.25) is 4.96 Å². The van der Waals surface area contributed by atoms with Gasteiger partial charge in [0.15, 0.2) is 5.69 Å². The van der Waals surface area contributed by atoms with Crippen molar-refractivity contribution in [1.29, 1.82) is 0 Å². The Balaban J connectivity index is 1.79. The molecule has 0 aliphatic heterocycles. The Morgan fingerprint density at radius 1 is 1.00 bits per heavy atom. The standard InChI is InChI=1S/C19H14N4OS/c1-13(14-8-4-2-5-9-14)12-16-22-23-18(24)17(20-21-19(23)25-16)15-10-6-3-7-11-15/h2-12H,1H3/b13-12+. The van der Waals surface area contributed by atoms with E-state index in [9.17, 15) is 4.79 Å². The van der Waals surface area contributed by atoms with E-state index in [1.165, 1.54) is 15.9 Å². The van der Waals surface area contributed by atoms with E-state index < -0.39 is 0 Å². The van der Waals surface area contributed by atoms with Crippen LogP contribution in [-0.4, -0.2) is 19.8 Å². The van der Waals surface area contributed by atoms with Crippen molar-refractivity contribution in [3.05, 3.63) is 81.6 Å². The highest BCUT2D eigenvalue weighted by Gasteiger charge is 2.12. The summed E-state index contributed by atoms with van der Waals surface area (Å²) in [6.07, 6.45) is 1.95. The van der Waals surface area contributed by atoms with Crippen molar-refractivity contribution in [3.8, 4) is 11.3 Å². The van der Waals surface area contributed by atoms with Crippen LogP contribution in [0.2, 0.25) is 0 Å². The van der Waals surface area contributed by atoms with Gasteiger partial charge in [-0.1, -0.05) is 72.0 Å². The molecule has 0 unspecified atom stereocenters. The average molecular weight is 346 g/mol. The van der Waals surface area contributed by atoms with Crippen LogP contribution in [0, 0.1) is 0 Å². The van der Waals surface area contributed by atoms with E-state index in [1.54, 1.807) is 0 Å². The molecule has 0 spiro atoms. The molecule has 4 aromatic rings. The maximum atomic E-state index is 12.7. The molecule has 0 amide bonds. The van der Waals surface area contributed by atoms with E-state index in [4.69, 9.17) is 0 Å². The van der Waals surface area contributed by atoms with E-state index in [-0.39, 0.29) is 5.56 Å². The molecule has 2 heterocycles. The van der Waals surface area contributed by atoms with Gasteiger partial charge in [0, 0.05) is 5.56 Å². The smallest absolute Gasteiger partial charge is 0.265 e. The minimum absolute atomic E-state index is 0.260. The average Bonchev–Trinajstić information content (AvgIpc) is 3.07. The van der Waals surface area contributed by atoms with Gasteiger partial charge in [-0.05, 0) is 24.1 Å². The first-order chi connectivity index (χ1) is 12.2. The molecular formula is C19H14N4OS. The second kappa shape index (κ2) is 6.41. The monoisotopic (exact) mass is 346 g/mol. The van der Waals surface area contributed by atoms with Crippen LogP contribution in [0.4, 0.5) is 0 Å². The normalized spacial score (nSPS) is 11.8. The van der Waals surface area contributed by atoms with Gasteiger partial charge >= 0.3 is 5.56 Å². The van der Waals surface area contributed by atoms with Crippen molar-refractivity contribution in [2.24, 2.45) is 0 Å². The Morgan fingerprint density at radius 3 is 2.40 bits per heavy atom. The molecular weight excluding hydrogens is 332 g/mol. The summed E-state index contributed by atoms with van der Waals surface area (Å²) in [4.78, 5) is 13.2. The first-order valence-electron chi connectivity index (χ1n) is 7.78. The highest BCUT2D eigenvalue weighted by molar-refractivity contribution is 7.17. The summed E-state index contributed by atoms with van der Waals surface area (Å²) in [6.45, 7) is 2.02. The number of rotatable bonds is 3. The van der Waals surface area contributed by atoms with Crippen molar-refractivity contribution < 1.29 is 0 Å². The molecule has 5 nitrogen and oxygen atoms in total. The third kappa shape index (κ3) is 2.99. The van der Waals surface area contributed by atoms with Gasteiger partial charge in [-0.15, -0.1) is 10.2 Å². The predicted octanol–water partition coefficient (Wildman–Crippen LogP) is 3.77. The molecule has 0 saturated carbocycles. The Labute approximate surface area is 147 Å². The number of fused-ring (bicyclic) bond motifs is 1. The van der Waals surface area contributed by atoms with Gasteiger partial charge in [0.05, 0.1) is 0 Å². The first-order valence-corrected chi connectivity index (χ1v) is 8.60. The van der Waals surface area contributed by atoms with Crippen LogP contribution in [-0.2, 0) is 0 Å². The molecule has 2 aromatic heterocycles. The summed E-state index contributed by atoms with van der Waals surface area (Å²) in [6, 6.07) is 19.3. The Morgan fingerprint density at radius 2 is 1.68 bits per heavy atom. The van der Waals surface area contributed by atoms with Gasteiger partial charge in [-0.2, -0.15) is 9.61 Å². The van der Waals surface area contributed by atoms with Crippen molar-refractivity contribution in [1.82, 2.24) is 19.8 Å². The fourth-order valence-electron chi connectivity index (χ4n) is 2.53. The van der Waals surface area contributed by atoms with Gasteiger partial charge < -0.3 is 0 Å². The van der Waals surface area contributed by atoms with Crippen LogP contribution in [0.1, 0.15) is 17.5 Å². The molecule has 0 fully saturated rings. The van der Waals surface area contributed by atoms with E-state index in [2.05, 4.69) is 15.3 Å². The zero-order valence-electron chi connectivity index (χ0n) is 13.5. The SMILES string of the molecule is C/C(=C\c1nn2c(=O)c(-c3ccccc3)nnc2s1)c1ccccc1. The fourth-order valence-corrected chi connectivity index (χ4v) is 3.37. The molecule has 0 N–H and O–H groups in total. The van der Waals surface area contributed by atoms with Crippen LogP contribution in [0.25, 0.3) is 27.9 Å². The third-order valence-electron chi connectivity index (χ3n) is 3.82. The van der Waals surface area contributed by atoms with Gasteiger partial charge in [0.25, 0.3) is 0 Å². The first kappa shape index (κ1) is 15.4. The molecule has 0 radical (unpaired) electrons. The Bertz CT molecular complexity index is 1110. The molecule has 0 atom stereocenters. The summed E-state index contributed by atoms with van der Waals surface area (Å²) in [7, 11) is 0. The van der Waals surface area contributed by atoms with E-state index in [1.807, 2.05) is 73.7 Å². The van der Waals surface area contributed by atoms with Gasteiger partial charge in [-0.25, -0.2) is 0 Å². The predicted molar refractivity (Wildman–Crippen MR) is 100 cm³/mol. The van der Waals surface area contributed by atoms with Crippen molar-refractivity contribution in [2.75, 3.05) is 0 Å². The maximum Gasteiger partial charge on any atom is 0.302 e. The summed E-state index contributed by atoms with van der Waals surface area (Å²) < 4.78 is 1.32. The number of hydrogen-bond donors (Lipinski definition) is 0. The van der Waals surface area contributed by atoms with E-state index in [0.29, 0.717) is 10.7 Å². The molecule has 0 bridgehead atoms. The molecule has 0 aliphatic rings. The largest absolute Gasteiger partial charge is 0.302 e. The van der Waals surface area contributed by atoms with Crippen LogP contribution < -0.4 is 5.56 Å². The molecule has 122 valence electrons. The van der Waals surface area contributed by atoms with Crippen LogP contribution in [0.15, 0.2) is 65.5 Å². The lowest BCUT2D eigenvalue weighted by Crippen LogP contribution is -2.19. The summed E-state index contributed by atoms with van der Waals surface area (Å²) in [5.74, 6) is 0. The summed E-state index contributed by atoms with van der Waals surface area (Å²) >= 11 is 1.34. The summed E-state index contributed by atoms with van der Waals surface area (Å²) in [5, 5.41) is 13.4. The molecule has 2 aromatic carbocycles. The quantitative estimate of drug-likeness (QED) is 0.566. The number of aromatic nitrogens is 4. The second-order valence-electron chi connectivity index (χ2n) is 5.55. The number of hydrogen-bond acceptors (Lipinski definition) is 5. The lowest BCUT2D eigenvalue weighted by atomic mass is 10.1. The lowest BCUT2D eigenvalue weighted by Gasteiger charge is -1.98. The molecule has 0 saturated heterocycles. The van der Waals surface area contributed by atoms with E-state index >= 15 is 0 Å². The summed E-state index contributed by atoms with van der Waals surface area (Å²) in [5.41, 5.74) is 2.97. The van der Waals surface area contributed by atoms with Crippen LogP contribution in [0.3, 0.4) is 0 Å². The van der Waals surface area contributed by atoms with Crippen LogP contribution >= 0.6 is 11.3 Å². The Hall–Kier alpha value is -3.12. The fraction of sp³-hybridized carbons (Fsp3) is 0.0526. The molecule has 4 rings (SSSR count). The minimum Gasteiger partial charge on any atom is -0.265 e. The maximum absolute atomic E-state index is 12.7. The minimum atomic E-state index is -0.260. The number of nitrogens with zero attached hydrogens (tertiary/aromatic N) is 4. The topological polar surface area (TPSA) is 60.2 Å². The van der Waals surface area contributed by atoms with Crippen molar-refractivity contribution in [2.45, 2.75) is 6.92 Å². The molecule has 0 aliphatic carbocycles. The lowest BCUT2D eigenvalue weighted by molar-refractivity contribution is 0.856. The highest BCUT2D eigenvalue weighted by atomic mass is 32.1. The zero-order valence-corrected chi connectivity index (χ0v) is 14.3. The van der Waals surface area contributed by atoms with Gasteiger partial charge in [-0.3, -0.25) is 4.79 Å². The number of benzene rings is 2. The molecule has 25 heavy (non-hydrogen) atoms. The molecule has 6 heteroatoms. The van der Waals surface area contributed by atoms with Crippen LogP contribution in [0.5, 0.6) is 0 Å². The van der Waals surface area contributed by atoms with Crippen molar-refractivity contribution in [3.63, 3.8) is 0 Å². The Kier molecular flexibility index (Phi) is 3.95.